The Kier molecular flexibility index (Phi) is 5.88. The second kappa shape index (κ2) is 7.92. The summed E-state index contributed by atoms with van der Waals surface area (Å²) in [6.45, 7) is 2.48. The van der Waals surface area contributed by atoms with Crippen molar-refractivity contribution >= 4 is 22.0 Å². The number of hydrogen-bond acceptors (Lipinski definition) is 5. The maximum absolute atomic E-state index is 13.2. The summed E-state index contributed by atoms with van der Waals surface area (Å²) in [6.07, 6.45) is -4.79. The number of benzene rings is 1. The third kappa shape index (κ3) is 4.23. The minimum Gasteiger partial charge on any atom is -0.336 e. The minimum atomic E-state index is -4.79. The number of alkyl halides is 3. The molecular formula is C17H21F3N4O4S. The van der Waals surface area contributed by atoms with Gasteiger partial charge in [-0.2, -0.15) is 17.5 Å². The summed E-state index contributed by atoms with van der Waals surface area (Å²) in [4.78, 5) is 26.2. The number of carbonyl (C=O) groups excluding carboxylic acids is 2. The van der Waals surface area contributed by atoms with E-state index in [0.717, 1.165) is 27.4 Å². The summed E-state index contributed by atoms with van der Waals surface area (Å²) >= 11 is 0. The Morgan fingerprint density at radius 3 is 2.28 bits per heavy atom. The van der Waals surface area contributed by atoms with Crippen LogP contribution in [0.2, 0.25) is 0 Å². The number of nitrogens with one attached hydrogen (secondary N) is 1. The zero-order chi connectivity index (χ0) is 21.4. The molecule has 1 unspecified atom stereocenters. The molecule has 0 aromatic heterocycles. The van der Waals surface area contributed by atoms with Crippen molar-refractivity contribution in [2.45, 2.75) is 24.0 Å². The third-order valence-corrected chi connectivity index (χ3v) is 7.07. The average Bonchev–Trinajstić information content (AvgIpc) is 3.12. The molecule has 2 fully saturated rings. The smallest absolute Gasteiger partial charge is 0.336 e. The number of urea groups is 1. The van der Waals surface area contributed by atoms with Crippen molar-refractivity contribution in [1.29, 1.82) is 0 Å². The Morgan fingerprint density at radius 2 is 1.72 bits per heavy atom. The molecule has 160 valence electrons. The highest BCUT2D eigenvalue weighted by Gasteiger charge is 2.40. The maximum Gasteiger partial charge on any atom is 0.417 e. The molecule has 1 N–H and O–H groups in total. The van der Waals surface area contributed by atoms with Gasteiger partial charge in [0, 0.05) is 39.3 Å². The van der Waals surface area contributed by atoms with E-state index in [-0.39, 0.29) is 32.7 Å². The van der Waals surface area contributed by atoms with Gasteiger partial charge in [0.2, 0.25) is 15.9 Å². The lowest BCUT2D eigenvalue weighted by Gasteiger charge is -2.37. The minimum absolute atomic E-state index is 0.0572. The fraction of sp³-hybridized carbons (Fsp3) is 0.529. The van der Waals surface area contributed by atoms with Crippen molar-refractivity contribution in [2.24, 2.45) is 0 Å². The van der Waals surface area contributed by atoms with Crippen LogP contribution in [0.15, 0.2) is 29.2 Å². The molecule has 1 aromatic rings. The van der Waals surface area contributed by atoms with Gasteiger partial charge in [0.25, 0.3) is 0 Å². The van der Waals surface area contributed by atoms with Crippen LogP contribution in [0.4, 0.5) is 18.0 Å². The lowest BCUT2D eigenvalue weighted by molar-refractivity contribution is -0.140. The SMILES string of the molecule is CC(C(=O)N1CCNC1=O)N1CCN(S(=O)(=O)c2ccccc2C(F)(F)F)CC1. The number of piperazine rings is 1. The Morgan fingerprint density at radius 1 is 1.10 bits per heavy atom. The molecule has 1 atom stereocenters. The highest BCUT2D eigenvalue weighted by Crippen LogP contribution is 2.35. The van der Waals surface area contributed by atoms with Gasteiger partial charge in [-0.1, -0.05) is 12.1 Å². The number of hydrogen-bond donors (Lipinski definition) is 1. The number of nitrogens with zero attached hydrogens (tertiary/aromatic N) is 3. The van der Waals surface area contributed by atoms with E-state index in [1.54, 1.807) is 11.8 Å². The Balaban J connectivity index is 1.71. The first kappa shape index (κ1) is 21.5. The molecule has 2 aliphatic heterocycles. The quantitative estimate of drug-likeness (QED) is 0.762. The average molecular weight is 434 g/mol. The van der Waals surface area contributed by atoms with Crippen molar-refractivity contribution in [1.82, 2.24) is 19.4 Å². The maximum atomic E-state index is 13.2. The van der Waals surface area contributed by atoms with Gasteiger partial charge >= 0.3 is 12.2 Å². The molecule has 0 saturated carbocycles. The molecule has 1 aromatic carbocycles. The first-order valence-electron chi connectivity index (χ1n) is 9.03. The van der Waals surface area contributed by atoms with E-state index >= 15 is 0 Å². The Labute approximate surface area is 166 Å². The Hall–Kier alpha value is -2.18. The molecule has 3 rings (SSSR count). The van der Waals surface area contributed by atoms with Crippen LogP contribution in [0.3, 0.4) is 0 Å². The van der Waals surface area contributed by atoms with Crippen LogP contribution in [-0.2, 0) is 21.0 Å². The Bertz CT molecular complexity index is 898. The summed E-state index contributed by atoms with van der Waals surface area (Å²) in [7, 11) is -4.34. The number of carbonyl (C=O) groups is 2. The van der Waals surface area contributed by atoms with Gasteiger partial charge in [-0.15, -0.1) is 0 Å². The van der Waals surface area contributed by atoms with Crippen LogP contribution in [0, 0.1) is 0 Å². The van der Waals surface area contributed by atoms with Gasteiger partial charge in [-0.3, -0.25) is 14.6 Å². The van der Waals surface area contributed by atoms with Crippen molar-refractivity contribution in [3.63, 3.8) is 0 Å². The van der Waals surface area contributed by atoms with Crippen molar-refractivity contribution in [3.8, 4) is 0 Å². The summed E-state index contributed by atoms with van der Waals surface area (Å²) in [6, 6.07) is 2.97. The second-order valence-corrected chi connectivity index (χ2v) is 8.74. The fourth-order valence-corrected chi connectivity index (χ4v) is 5.09. The highest BCUT2D eigenvalue weighted by molar-refractivity contribution is 7.89. The number of halogens is 3. The van der Waals surface area contributed by atoms with Crippen LogP contribution in [-0.4, -0.2) is 79.8 Å². The zero-order valence-electron chi connectivity index (χ0n) is 15.6. The molecule has 2 saturated heterocycles. The number of sulfonamides is 1. The van der Waals surface area contributed by atoms with E-state index in [2.05, 4.69) is 5.32 Å². The molecule has 2 heterocycles. The van der Waals surface area contributed by atoms with Crippen LogP contribution < -0.4 is 5.32 Å². The molecule has 8 nitrogen and oxygen atoms in total. The molecule has 3 amide bonds. The number of amides is 3. The normalized spacial score (nSPS) is 20.6. The first-order chi connectivity index (χ1) is 13.5. The summed E-state index contributed by atoms with van der Waals surface area (Å²) < 4.78 is 66.2. The van der Waals surface area contributed by atoms with Crippen molar-refractivity contribution in [2.75, 3.05) is 39.3 Å². The highest BCUT2D eigenvalue weighted by atomic mass is 32.2. The monoisotopic (exact) mass is 434 g/mol. The summed E-state index contributed by atoms with van der Waals surface area (Å²) in [5, 5.41) is 2.54. The van der Waals surface area contributed by atoms with Crippen LogP contribution >= 0.6 is 0 Å². The molecule has 0 spiro atoms. The molecular weight excluding hydrogens is 413 g/mol. The van der Waals surface area contributed by atoms with Gasteiger partial charge in [-0.05, 0) is 19.1 Å². The molecule has 2 aliphatic rings. The summed E-state index contributed by atoms with van der Waals surface area (Å²) in [5.74, 6) is -0.390. The molecule has 29 heavy (non-hydrogen) atoms. The predicted molar refractivity (Wildman–Crippen MR) is 96.3 cm³/mol. The van der Waals surface area contributed by atoms with Crippen molar-refractivity contribution < 1.29 is 31.2 Å². The van der Waals surface area contributed by atoms with Gasteiger partial charge in [0.1, 0.15) is 0 Å². The third-order valence-electron chi connectivity index (χ3n) is 5.11. The number of imide groups is 1. The molecule has 0 aliphatic carbocycles. The van der Waals surface area contributed by atoms with E-state index in [9.17, 15) is 31.2 Å². The molecule has 12 heteroatoms. The second-order valence-electron chi connectivity index (χ2n) is 6.83. The van der Waals surface area contributed by atoms with E-state index in [1.807, 2.05) is 0 Å². The molecule has 0 radical (unpaired) electrons. The number of rotatable bonds is 4. The topological polar surface area (TPSA) is 90.0 Å². The van der Waals surface area contributed by atoms with E-state index in [0.29, 0.717) is 6.54 Å². The zero-order valence-corrected chi connectivity index (χ0v) is 16.5. The van der Waals surface area contributed by atoms with Crippen molar-refractivity contribution in [3.05, 3.63) is 29.8 Å². The van der Waals surface area contributed by atoms with E-state index in [1.165, 1.54) is 6.07 Å². The lowest BCUT2D eigenvalue weighted by atomic mass is 10.2. The predicted octanol–water partition coefficient (Wildman–Crippen LogP) is 0.952. The van der Waals surface area contributed by atoms with Gasteiger partial charge in [0.05, 0.1) is 16.5 Å². The van der Waals surface area contributed by atoms with Gasteiger partial charge < -0.3 is 5.32 Å². The largest absolute Gasteiger partial charge is 0.417 e. The van der Waals surface area contributed by atoms with E-state index < -0.39 is 44.6 Å². The molecule has 0 bridgehead atoms. The van der Waals surface area contributed by atoms with Crippen LogP contribution in [0.5, 0.6) is 0 Å². The standard InChI is InChI=1S/C17H21F3N4O4S/c1-12(15(25)24-7-6-21-16(24)26)22-8-10-23(11-9-22)29(27,28)14-5-3-2-4-13(14)17(18,19)20/h2-5,12H,6-11H2,1H3,(H,21,26). The van der Waals surface area contributed by atoms with Crippen LogP contribution in [0.1, 0.15) is 12.5 Å². The van der Waals surface area contributed by atoms with Gasteiger partial charge in [0.15, 0.2) is 0 Å². The van der Waals surface area contributed by atoms with E-state index in [4.69, 9.17) is 0 Å². The first-order valence-corrected chi connectivity index (χ1v) is 10.5. The van der Waals surface area contributed by atoms with Gasteiger partial charge in [-0.25, -0.2) is 13.2 Å². The fourth-order valence-electron chi connectivity index (χ4n) is 3.46. The summed E-state index contributed by atoms with van der Waals surface area (Å²) in [5.41, 5.74) is -1.20. The lowest BCUT2D eigenvalue weighted by Crippen LogP contribution is -2.55. The van der Waals surface area contributed by atoms with Crippen LogP contribution in [0.25, 0.3) is 0 Å².